The van der Waals surface area contributed by atoms with Gasteiger partial charge in [-0.3, -0.25) is 0 Å². The molecule has 21 heavy (non-hydrogen) atoms. The number of halogens is 3. The number of thiophene rings is 1. The number of nitrogens with one attached hydrogen (secondary N) is 1. The molecule has 1 atom stereocenters. The van der Waals surface area contributed by atoms with Crippen molar-refractivity contribution >= 4 is 34.5 Å². The second kappa shape index (κ2) is 7.45. The van der Waals surface area contributed by atoms with Crippen LogP contribution in [0, 0.1) is 5.82 Å². The molecule has 1 unspecified atom stereocenters. The van der Waals surface area contributed by atoms with Gasteiger partial charge in [0.05, 0.1) is 21.8 Å². The number of hydrogen-bond acceptors (Lipinski definition) is 3. The standard InChI is InChI=1S/C15H16Cl2FNOS/c1-3-6-19-14(11-8-13(16)21-15(11)17)10-5-4-9(20-2)7-12(10)18/h4-5,7-8,14,19H,3,6H2,1-2H3. The van der Waals surface area contributed by atoms with Gasteiger partial charge in [-0.05, 0) is 25.1 Å². The van der Waals surface area contributed by atoms with E-state index in [0.29, 0.717) is 20.0 Å². The third-order valence-electron chi connectivity index (χ3n) is 3.11. The summed E-state index contributed by atoms with van der Waals surface area (Å²) in [6.45, 7) is 2.80. The average Bonchev–Trinajstić information content (AvgIpc) is 2.79. The summed E-state index contributed by atoms with van der Waals surface area (Å²) in [5, 5.41) is 3.32. The molecule has 2 rings (SSSR count). The fraction of sp³-hybridized carbons (Fsp3) is 0.333. The molecule has 0 spiro atoms. The van der Waals surface area contributed by atoms with Gasteiger partial charge in [-0.25, -0.2) is 4.39 Å². The summed E-state index contributed by atoms with van der Waals surface area (Å²) in [5.41, 5.74) is 1.32. The Hall–Kier alpha value is -0.810. The third kappa shape index (κ3) is 3.89. The third-order valence-corrected chi connectivity index (χ3v) is 4.63. The first kappa shape index (κ1) is 16.6. The summed E-state index contributed by atoms with van der Waals surface area (Å²) in [6.07, 6.45) is 0.934. The smallest absolute Gasteiger partial charge is 0.132 e. The lowest BCUT2D eigenvalue weighted by Crippen LogP contribution is -2.24. The highest BCUT2D eigenvalue weighted by Crippen LogP contribution is 2.38. The van der Waals surface area contributed by atoms with Gasteiger partial charge in [0, 0.05) is 17.2 Å². The van der Waals surface area contributed by atoms with Gasteiger partial charge in [0.25, 0.3) is 0 Å². The first-order chi connectivity index (χ1) is 10.1. The minimum atomic E-state index is -0.332. The molecule has 0 saturated carbocycles. The molecule has 0 fully saturated rings. The maximum atomic E-state index is 14.3. The molecule has 1 aromatic carbocycles. The minimum absolute atomic E-state index is 0.327. The largest absolute Gasteiger partial charge is 0.497 e. The summed E-state index contributed by atoms with van der Waals surface area (Å²) >= 11 is 13.5. The Balaban J connectivity index is 2.42. The van der Waals surface area contributed by atoms with E-state index in [2.05, 4.69) is 12.2 Å². The maximum Gasteiger partial charge on any atom is 0.132 e. The molecular formula is C15H16Cl2FNOS. The van der Waals surface area contributed by atoms with Crippen LogP contribution in [0.15, 0.2) is 24.3 Å². The predicted molar refractivity (Wildman–Crippen MR) is 87.4 cm³/mol. The average molecular weight is 348 g/mol. The van der Waals surface area contributed by atoms with E-state index >= 15 is 0 Å². The molecule has 1 aromatic heterocycles. The van der Waals surface area contributed by atoms with Gasteiger partial charge < -0.3 is 10.1 Å². The number of rotatable bonds is 6. The Morgan fingerprint density at radius 2 is 2.05 bits per heavy atom. The van der Waals surface area contributed by atoms with E-state index in [4.69, 9.17) is 27.9 Å². The quantitative estimate of drug-likeness (QED) is 0.766. The lowest BCUT2D eigenvalue weighted by molar-refractivity contribution is 0.410. The molecule has 0 bridgehead atoms. The van der Waals surface area contributed by atoms with Crippen LogP contribution in [0.5, 0.6) is 5.75 Å². The fourth-order valence-corrected chi connectivity index (χ4v) is 3.63. The van der Waals surface area contributed by atoms with Crippen molar-refractivity contribution in [3.63, 3.8) is 0 Å². The zero-order chi connectivity index (χ0) is 15.4. The summed E-state index contributed by atoms with van der Waals surface area (Å²) < 4.78 is 20.5. The molecule has 1 heterocycles. The summed E-state index contributed by atoms with van der Waals surface area (Å²) in [4.78, 5) is 0. The molecule has 1 N–H and O–H groups in total. The molecule has 0 radical (unpaired) electrons. The molecule has 0 amide bonds. The van der Waals surface area contributed by atoms with Crippen molar-refractivity contribution in [1.29, 1.82) is 0 Å². The lowest BCUT2D eigenvalue weighted by Gasteiger charge is -2.19. The van der Waals surface area contributed by atoms with Crippen molar-refractivity contribution in [3.05, 3.63) is 49.9 Å². The van der Waals surface area contributed by atoms with Crippen molar-refractivity contribution in [2.24, 2.45) is 0 Å². The van der Waals surface area contributed by atoms with Crippen LogP contribution >= 0.6 is 34.5 Å². The Kier molecular flexibility index (Phi) is 5.88. The number of hydrogen-bond donors (Lipinski definition) is 1. The fourth-order valence-electron chi connectivity index (χ4n) is 2.09. The van der Waals surface area contributed by atoms with Gasteiger partial charge in [0.1, 0.15) is 11.6 Å². The van der Waals surface area contributed by atoms with E-state index in [1.54, 1.807) is 18.2 Å². The van der Waals surface area contributed by atoms with Gasteiger partial charge in [0.2, 0.25) is 0 Å². The van der Waals surface area contributed by atoms with Crippen molar-refractivity contribution in [2.45, 2.75) is 19.4 Å². The van der Waals surface area contributed by atoms with Crippen molar-refractivity contribution in [1.82, 2.24) is 5.32 Å². The van der Waals surface area contributed by atoms with Gasteiger partial charge >= 0.3 is 0 Å². The van der Waals surface area contributed by atoms with E-state index < -0.39 is 0 Å². The van der Waals surface area contributed by atoms with E-state index in [0.717, 1.165) is 18.5 Å². The normalized spacial score (nSPS) is 12.4. The van der Waals surface area contributed by atoms with Crippen LogP contribution in [0.25, 0.3) is 0 Å². The highest BCUT2D eigenvalue weighted by molar-refractivity contribution is 7.20. The Bertz CT molecular complexity index is 618. The van der Waals surface area contributed by atoms with Crippen LogP contribution in [0.4, 0.5) is 4.39 Å². The molecular weight excluding hydrogens is 332 g/mol. The van der Waals surface area contributed by atoms with Gasteiger partial charge in [-0.2, -0.15) is 0 Å². The van der Waals surface area contributed by atoms with Crippen LogP contribution in [0.1, 0.15) is 30.5 Å². The second-order valence-corrected chi connectivity index (χ2v) is 6.84. The SMILES string of the molecule is CCCNC(c1ccc(OC)cc1F)c1cc(Cl)sc1Cl. The topological polar surface area (TPSA) is 21.3 Å². The maximum absolute atomic E-state index is 14.3. The Labute approximate surface area is 137 Å². The highest BCUT2D eigenvalue weighted by Gasteiger charge is 2.22. The van der Waals surface area contributed by atoms with E-state index in [1.807, 2.05) is 0 Å². The molecule has 0 aliphatic carbocycles. The van der Waals surface area contributed by atoms with E-state index in [9.17, 15) is 4.39 Å². The van der Waals surface area contributed by atoms with Crippen LogP contribution in [0.3, 0.4) is 0 Å². The monoisotopic (exact) mass is 347 g/mol. The van der Waals surface area contributed by atoms with Crippen molar-refractivity contribution < 1.29 is 9.13 Å². The van der Waals surface area contributed by atoms with Gasteiger partial charge in [0.15, 0.2) is 0 Å². The molecule has 2 aromatic rings. The highest BCUT2D eigenvalue weighted by atomic mass is 35.5. The Morgan fingerprint density at radius 1 is 1.29 bits per heavy atom. The zero-order valence-electron chi connectivity index (χ0n) is 11.8. The van der Waals surface area contributed by atoms with Crippen molar-refractivity contribution in [3.8, 4) is 5.75 Å². The number of ether oxygens (including phenoxy) is 1. The van der Waals surface area contributed by atoms with Crippen molar-refractivity contribution in [2.75, 3.05) is 13.7 Å². The lowest BCUT2D eigenvalue weighted by atomic mass is 10.00. The Morgan fingerprint density at radius 3 is 2.57 bits per heavy atom. The van der Waals surface area contributed by atoms with Gasteiger partial charge in [-0.15, -0.1) is 11.3 Å². The first-order valence-corrected chi connectivity index (χ1v) is 8.15. The number of benzene rings is 1. The molecule has 0 aliphatic heterocycles. The van der Waals surface area contributed by atoms with Crippen LogP contribution < -0.4 is 10.1 Å². The summed E-state index contributed by atoms with van der Waals surface area (Å²) in [7, 11) is 1.51. The van der Waals surface area contributed by atoms with E-state index in [-0.39, 0.29) is 11.9 Å². The van der Waals surface area contributed by atoms with Crippen LogP contribution in [0.2, 0.25) is 8.67 Å². The molecule has 2 nitrogen and oxygen atoms in total. The minimum Gasteiger partial charge on any atom is -0.497 e. The summed E-state index contributed by atoms with van der Waals surface area (Å²) in [5.74, 6) is 0.154. The molecule has 0 saturated heterocycles. The first-order valence-electron chi connectivity index (χ1n) is 6.58. The van der Waals surface area contributed by atoms with E-state index in [1.165, 1.54) is 24.5 Å². The van der Waals surface area contributed by atoms with Gasteiger partial charge in [-0.1, -0.05) is 36.2 Å². The second-order valence-electron chi connectivity index (χ2n) is 4.55. The predicted octanol–water partition coefficient (Wildman–Crippen LogP) is 5.29. The van der Waals surface area contributed by atoms with Crippen LogP contribution in [-0.2, 0) is 0 Å². The molecule has 0 aliphatic rings. The van der Waals surface area contributed by atoms with Crippen LogP contribution in [-0.4, -0.2) is 13.7 Å². The summed E-state index contributed by atoms with van der Waals surface area (Å²) in [6, 6.07) is 6.28. The molecule has 114 valence electrons. The molecule has 6 heteroatoms. The zero-order valence-corrected chi connectivity index (χ0v) is 14.1. The number of methoxy groups -OCH3 is 1.